The van der Waals surface area contributed by atoms with Gasteiger partial charge in [0.05, 0.1) is 34.9 Å². The van der Waals surface area contributed by atoms with E-state index in [9.17, 15) is 19.3 Å². The normalized spacial score (nSPS) is 10.6. The summed E-state index contributed by atoms with van der Waals surface area (Å²) in [4.78, 5) is 22.7. The van der Waals surface area contributed by atoms with Gasteiger partial charge in [-0.1, -0.05) is 12.1 Å². The summed E-state index contributed by atoms with van der Waals surface area (Å²) >= 11 is 3.41. The Morgan fingerprint density at radius 2 is 2.00 bits per heavy atom. The van der Waals surface area contributed by atoms with E-state index in [1.165, 1.54) is 30.5 Å². The molecular weight excluding hydrogens is 523 g/mol. The summed E-state index contributed by atoms with van der Waals surface area (Å²) in [7, 11) is 0. The molecular formula is C24H18BrFN4O5. The van der Waals surface area contributed by atoms with Gasteiger partial charge in [0.1, 0.15) is 12.4 Å². The minimum Gasteiger partial charge on any atom is -0.490 e. The van der Waals surface area contributed by atoms with E-state index >= 15 is 0 Å². The smallest absolute Gasteiger partial charge is 0.274 e. The molecule has 0 unspecified atom stereocenters. The van der Waals surface area contributed by atoms with Crippen molar-refractivity contribution in [2.24, 2.45) is 5.10 Å². The first-order chi connectivity index (χ1) is 16.8. The average Bonchev–Trinajstić information content (AvgIpc) is 2.84. The molecule has 0 bridgehead atoms. The Labute approximate surface area is 208 Å². The number of hydrogen-bond donors (Lipinski definition) is 1. The van der Waals surface area contributed by atoms with Gasteiger partial charge in [-0.25, -0.2) is 9.82 Å². The monoisotopic (exact) mass is 540 g/mol. The molecule has 0 fully saturated rings. The van der Waals surface area contributed by atoms with Crippen LogP contribution in [-0.4, -0.2) is 23.7 Å². The first-order valence-electron chi connectivity index (χ1n) is 10.2. The van der Waals surface area contributed by atoms with E-state index in [0.29, 0.717) is 33.7 Å². The number of amides is 1. The molecule has 3 aromatic rings. The third-order valence-electron chi connectivity index (χ3n) is 4.59. The number of hydrogen-bond acceptors (Lipinski definition) is 7. The van der Waals surface area contributed by atoms with Crippen LogP contribution >= 0.6 is 15.9 Å². The maximum absolute atomic E-state index is 14.0. The number of non-ortho nitro benzene ring substituents is 1. The number of carbonyl (C=O) groups excluding carboxylic acids is 1. The van der Waals surface area contributed by atoms with E-state index in [1.807, 2.05) is 0 Å². The predicted octanol–water partition coefficient (Wildman–Crippen LogP) is 5.11. The zero-order chi connectivity index (χ0) is 25.4. The van der Waals surface area contributed by atoms with Crippen molar-refractivity contribution in [3.8, 4) is 17.6 Å². The SMILES string of the molecule is CCOc1cc(C=NNC(=O)c2ccc(C#N)cc2F)c(Br)cc1OCc1cccc([N+](=O)[O-])c1. The third kappa shape index (κ3) is 6.61. The van der Waals surface area contributed by atoms with Gasteiger partial charge in [-0.05, 0) is 58.7 Å². The fourth-order valence-corrected chi connectivity index (χ4v) is 3.37. The predicted molar refractivity (Wildman–Crippen MR) is 129 cm³/mol. The summed E-state index contributed by atoms with van der Waals surface area (Å²) in [6.45, 7) is 2.22. The molecule has 1 N–H and O–H groups in total. The largest absolute Gasteiger partial charge is 0.490 e. The third-order valence-corrected chi connectivity index (χ3v) is 5.28. The van der Waals surface area contributed by atoms with E-state index in [0.717, 1.165) is 6.07 Å². The van der Waals surface area contributed by atoms with Gasteiger partial charge in [-0.3, -0.25) is 14.9 Å². The van der Waals surface area contributed by atoms with Crippen molar-refractivity contribution in [1.29, 1.82) is 5.26 Å². The van der Waals surface area contributed by atoms with Crippen LogP contribution in [0.2, 0.25) is 0 Å². The summed E-state index contributed by atoms with van der Waals surface area (Å²) in [5.74, 6) is -0.818. The number of nitrogens with one attached hydrogen (secondary N) is 1. The maximum atomic E-state index is 14.0. The lowest BCUT2D eigenvalue weighted by atomic mass is 10.1. The lowest BCUT2D eigenvalue weighted by Crippen LogP contribution is -2.19. The minimum absolute atomic E-state index is 0.0354. The minimum atomic E-state index is -0.832. The molecule has 0 atom stereocenters. The molecule has 11 heteroatoms. The molecule has 9 nitrogen and oxygen atoms in total. The number of rotatable bonds is 9. The second-order valence-electron chi connectivity index (χ2n) is 6.97. The van der Waals surface area contributed by atoms with Gasteiger partial charge in [0, 0.05) is 22.2 Å². The lowest BCUT2D eigenvalue weighted by Gasteiger charge is -2.14. The summed E-state index contributed by atoms with van der Waals surface area (Å²) in [5.41, 5.74) is 3.21. The number of ether oxygens (including phenoxy) is 2. The average molecular weight is 541 g/mol. The Kier molecular flexibility index (Phi) is 8.48. The number of nitrogens with zero attached hydrogens (tertiary/aromatic N) is 3. The zero-order valence-electron chi connectivity index (χ0n) is 18.3. The molecule has 0 saturated carbocycles. The Bertz CT molecular complexity index is 1340. The highest BCUT2D eigenvalue weighted by Crippen LogP contribution is 2.34. The standard InChI is InChI=1S/C24H18BrFN4O5/c1-2-34-22-10-17(13-28-29-24(31)19-7-6-15(12-27)9-21(19)26)20(25)11-23(22)35-14-16-4-3-5-18(8-16)30(32)33/h3-11,13H,2,14H2,1H3,(H,29,31). The Hall–Kier alpha value is -4.30. The zero-order valence-corrected chi connectivity index (χ0v) is 19.9. The summed E-state index contributed by atoms with van der Waals surface area (Å²) in [6.07, 6.45) is 1.34. The number of carbonyl (C=O) groups is 1. The molecule has 35 heavy (non-hydrogen) atoms. The number of halogens is 2. The fraction of sp³-hybridized carbons (Fsp3) is 0.125. The van der Waals surface area contributed by atoms with E-state index in [2.05, 4.69) is 26.5 Å². The van der Waals surface area contributed by atoms with Crippen LogP contribution in [0.1, 0.15) is 34.0 Å². The van der Waals surface area contributed by atoms with Crippen LogP contribution in [0.15, 0.2) is 64.2 Å². The van der Waals surface area contributed by atoms with Crippen LogP contribution in [0.4, 0.5) is 10.1 Å². The van der Waals surface area contributed by atoms with E-state index in [1.54, 1.807) is 37.3 Å². The molecule has 3 rings (SSSR count). The van der Waals surface area contributed by atoms with Crippen molar-refractivity contribution in [1.82, 2.24) is 5.43 Å². The molecule has 0 saturated heterocycles. The first-order valence-corrected chi connectivity index (χ1v) is 11.0. The van der Waals surface area contributed by atoms with Crippen LogP contribution < -0.4 is 14.9 Å². The topological polar surface area (TPSA) is 127 Å². The van der Waals surface area contributed by atoms with Gasteiger partial charge in [-0.2, -0.15) is 10.4 Å². The molecule has 0 aliphatic heterocycles. The number of nitriles is 1. The maximum Gasteiger partial charge on any atom is 0.274 e. The molecule has 0 radical (unpaired) electrons. The van der Waals surface area contributed by atoms with E-state index < -0.39 is 16.6 Å². The van der Waals surface area contributed by atoms with Crippen molar-refractivity contribution < 1.29 is 23.6 Å². The first kappa shape index (κ1) is 25.3. The van der Waals surface area contributed by atoms with Gasteiger partial charge in [-0.15, -0.1) is 0 Å². The van der Waals surface area contributed by atoms with Crippen molar-refractivity contribution >= 4 is 33.7 Å². The second-order valence-corrected chi connectivity index (χ2v) is 7.83. The van der Waals surface area contributed by atoms with Crippen LogP contribution in [0, 0.1) is 27.3 Å². The number of nitro groups is 1. The molecule has 3 aromatic carbocycles. The molecule has 1 amide bonds. The van der Waals surface area contributed by atoms with Gasteiger partial charge in [0.2, 0.25) is 0 Å². The second kappa shape index (κ2) is 11.7. The highest BCUT2D eigenvalue weighted by molar-refractivity contribution is 9.10. The summed E-state index contributed by atoms with van der Waals surface area (Å²) in [6, 6.07) is 14.7. The van der Waals surface area contributed by atoms with Crippen molar-refractivity contribution in [2.75, 3.05) is 6.61 Å². The number of hydrazone groups is 1. The summed E-state index contributed by atoms with van der Waals surface area (Å²) in [5, 5.41) is 23.6. The lowest BCUT2D eigenvalue weighted by molar-refractivity contribution is -0.384. The number of nitro benzene ring substituents is 1. The van der Waals surface area contributed by atoms with Gasteiger partial charge < -0.3 is 9.47 Å². The Morgan fingerprint density at radius 3 is 2.69 bits per heavy atom. The van der Waals surface area contributed by atoms with E-state index in [4.69, 9.17) is 14.7 Å². The van der Waals surface area contributed by atoms with Crippen molar-refractivity contribution in [2.45, 2.75) is 13.5 Å². The quantitative estimate of drug-likeness (QED) is 0.228. The highest BCUT2D eigenvalue weighted by atomic mass is 79.9. The van der Waals surface area contributed by atoms with E-state index in [-0.39, 0.29) is 23.4 Å². The van der Waals surface area contributed by atoms with Gasteiger partial charge >= 0.3 is 0 Å². The fourth-order valence-electron chi connectivity index (χ4n) is 2.94. The summed E-state index contributed by atoms with van der Waals surface area (Å²) < 4.78 is 26.0. The van der Waals surface area contributed by atoms with Gasteiger partial charge in [0.15, 0.2) is 11.5 Å². The van der Waals surface area contributed by atoms with Crippen LogP contribution in [0.25, 0.3) is 0 Å². The molecule has 0 aliphatic carbocycles. The molecule has 0 spiro atoms. The van der Waals surface area contributed by atoms with Crippen molar-refractivity contribution in [3.63, 3.8) is 0 Å². The van der Waals surface area contributed by atoms with Crippen LogP contribution in [0.3, 0.4) is 0 Å². The molecule has 178 valence electrons. The molecule has 0 heterocycles. The Balaban J connectivity index is 1.74. The van der Waals surface area contributed by atoms with Crippen molar-refractivity contribution in [3.05, 3.63) is 97.3 Å². The molecule has 0 aliphatic rings. The van der Waals surface area contributed by atoms with Crippen LogP contribution in [0.5, 0.6) is 11.5 Å². The molecule has 0 aromatic heterocycles. The van der Waals surface area contributed by atoms with Gasteiger partial charge in [0.25, 0.3) is 11.6 Å². The van der Waals surface area contributed by atoms with Crippen LogP contribution in [-0.2, 0) is 6.61 Å². The number of benzene rings is 3. The highest BCUT2D eigenvalue weighted by Gasteiger charge is 2.14. The Morgan fingerprint density at radius 1 is 1.23 bits per heavy atom.